The normalized spacial score (nSPS) is 10.1. The SMILES string of the molecule is O=C(OCCOc1ccccc1)c1cc(Br)ccc1F. The highest BCUT2D eigenvalue weighted by atomic mass is 79.9. The van der Waals surface area contributed by atoms with E-state index in [2.05, 4.69) is 15.9 Å². The van der Waals surface area contributed by atoms with Gasteiger partial charge in [0.15, 0.2) is 0 Å². The van der Waals surface area contributed by atoms with Crippen molar-refractivity contribution >= 4 is 21.9 Å². The van der Waals surface area contributed by atoms with Crippen LogP contribution < -0.4 is 4.74 Å². The van der Waals surface area contributed by atoms with Crippen molar-refractivity contribution < 1.29 is 18.7 Å². The van der Waals surface area contributed by atoms with Crippen LogP contribution in [0.25, 0.3) is 0 Å². The van der Waals surface area contributed by atoms with E-state index in [0.29, 0.717) is 10.2 Å². The molecule has 2 rings (SSSR count). The maximum Gasteiger partial charge on any atom is 0.341 e. The summed E-state index contributed by atoms with van der Waals surface area (Å²) in [5, 5.41) is 0. The maximum absolute atomic E-state index is 13.4. The molecule has 0 saturated heterocycles. The first-order valence-corrected chi connectivity index (χ1v) is 6.76. The van der Waals surface area contributed by atoms with E-state index in [1.807, 2.05) is 18.2 Å². The zero-order chi connectivity index (χ0) is 14.4. The lowest BCUT2D eigenvalue weighted by Crippen LogP contribution is -2.13. The fourth-order valence-electron chi connectivity index (χ4n) is 1.54. The number of hydrogen-bond acceptors (Lipinski definition) is 3. The second-order valence-corrected chi connectivity index (χ2v) is 4.84. The van der Waals surface area contributed by atoms with E-state index in [1.165, 1.54) is 18.2 Å². The molecular formula is C15H12BrFO3. The average molecular weight is 339 g/mol. The molecule has 0 N–H and O–H groups in total. The number of ether oxygens (including phenoxy) is 2. The van der Waals surface area contributed by atoms with Gasteiger partial charge in [-0.1, -0.05) is 34.1 Å². The van der Waals surface area contributed by atoms with E-state index in [1.54, 1.807) is 12.1 Å². The molecule has 0 heterocycles. The molecule has 0 fully saturated rings. The third kappa shape index (κ3) is 4.06. The predicted octanol–water partition coefficient (Wildman–Crippen LogP) is 3.82. The Kier molecular flexibility index (Phi) is 5.12. The molecule has 0 atom stereocenters. The molecule has 0 aliphatic heterocycles. The summed E-state index contributed by atoms with van der Waals surface area (Å²) in [5.41, 5.74) is -0.0981. The third-order valence-corrected chi connectivity index (χ3v) is 2.97. The zero-order valence-electron chi connectivity index (χ0n) is 10.5. The van der Waals surface area contributed by atoms with E-state index in [-0.39, 0.29) is 18.8 Å². The standard InChI is InChI=1S/C15H12BrFO3/c16-11-6-7-14(17)13(10-11)15(18)20-9-8-19-12-4-2-1-3-5-12/h1-7,10H,8-9H2. The summed E-state index contributed by atoms with van der Waals surface area (Å²) in [4.78, 5) is 11.7. The molecule has 0 spiro atoms. The van der Waals surface area contributed by atoms with Gasteiger partial charge in [0.05, 0.1) is 5.56 Å². The Labute approximate surface area is 124 Å². The molecule has 0 bridgehead atoms. The van der Waals surface area contributed by atoms with E-state index >= 15 is 0 Å². The Bertz CT molecular complexity index is 587. The second kappa shape index (κ2) is 7.05. The molecule has 20 heavy (non-hydrogen) atoms. The molecule has 5 heteroatoms. The second-order valence-electron chi connectivity index (χ2n) is 3.92. The molecule has 2 aromatic rings. The van der Waals surface area contributed by atoms with Crippen LogP contribution in [0.1, 0.15) is 10.4 Å². The Morgan fingerprint density at radius 2 is 1.85 bits per heavy atom. The Hall–Kier alpha value is -1.88. The van der Waals surface area contributed by atoms with Crippen molar-refractivity contribution in [2.75, 3.05) is 13.2 Å². The molecule has 0 aromatic heterocycles. The summed E-state index contributed by atoms with van der Waals surface area (Å²) in [6, 6.07) is 13.3. The van der Waals surface area contributed by atoms with Crippen molar-refractivity contribution in [2.45, 2.75) is 0 Å². The topological polar surface area (TPSA) is 35.5 Å². The van der Waals surface area contributed by atoms with Crippen LogP contribution >= 0.6 is 15.9 Å². The van der Waals surface area contributed by atoms with Crippen LogP contribution in [0.15, 0.2) is 53.0 Å². The number of esters is 1. The average Bonchev–Trinajstić information content (AvgIpc) is 2.47. The summed E-state index contributed by atoms with van der Waals surface area (Å²) < 4.78 is 24.4. The van der Waals surface area contributed by atoms with Gasteiger partial charge in [0.25, 0.3) is 0 Å². The minimum atomic E-state index is -0.708. The van der Waals surface area contributed by atoms with Crippen LogP contribution in [0.5, 0.6) is 5.75 Å². The van der Waals surface area contributed by atoms with Crippen LogP contribution in [-0.2, 0) is 4.74 Å². The van der Waals surface area contributed by atoms with E-state index in [9.17, 15) is 9.18 Å². The lowest BCUT2D eigenvalue weighted by Gasteiger charge is -2.08. The number of benzene rings is 2. The third-order valence-electron chi connectivity index (χ3n) is 2.48. The van der Waals surface area contributed by atoms with Gasteiger partial charge in [0, 0.05) is 4.47 Å². The minimum absolute atomic E-state index is 0.0552. The molecule has 0 unspecified atom stereocenters. The molecular weight excluding hydrogens is 327 g/mol. The minimum Gasteiger partial charge on any atom is -0.490 e. The molecule has 0 radical (unpaired) electrons. The first-order chi connectivity index (χ1) is 9.66. The van der Waals surface area contributed by atoms with Crippen molar-refractivity contribution in [1.29, 1.82) is 0 Å². The van der Waals surface area contributed by atoms with Crippen molar-refractivity contribution in [3.63, 3.8) is 0 Å². The number of halogens is 2. The van der Waals surface area contributed by atoms with Gasteiger partial charge < -0.3 is 9.47 Å². The monoisotopic (exact) mass is 338 g/mol. The van der Waals surface area contributed by atoms with Crippen molar-refractivity contribution in [2.24, 2.45) is 0 Å². The molecule has 0 amide bonds. The quantitative estimate of drug-likeness (QED) is 0.614. The van der Waals surface area contributed by atoms with Crippen LogP contribution in [0.3, 0.4) is 0 Å². The van der Waals surface area contributed by atoms with Crippen molar-refractivity contribution in [3.05, 3.63) is 64.4 Å². The van der Waals surface area contributed by atoms with Crippen LogP contribution in [0, 0.1) is 5.82 Å². The molecule has 0 aliphatic carbocycles. The van der Waals surface area contributed by atoms with Gasteiger partial charge >= 0.3 is 5.97 Å². The molecule has 3 nitrogen and oxygen atoms in total. The molecule has 104 valence electrons. The van der Waals surface area contributed by atoms with Gasteiger partial charge in [-0.2, -0.15) is 0 Å². The summed E-state index contributed by atoms with van der Waals surface area (Å²) in [5.74, 6) is -0.625. The number of rotatable bonds is 5. The fraction of sp³-hybridized carbons (Fsp3) is 0.133. The van der Waals surface area contributed by atoms with Gasteiger partial charge in [0.2, 0.25) is 0 Å². The lowest BCUT2D eigenvalue weighted by atomic mass is 10.2. The Morgan fingerprint density at radius 1 is 1.10 bits per heavy atom. The highest BCUT2D eigenvalue weighted by Gasteiger charge is 2.13. The van der Waals surface area contributed by atoms with Gasteiger partial charge in [-0.3, -0.25) is 0 Å². The Morgan fingerprint density at radius 3 is 2.60 bits per heavy atom. The van der Waals surface area contributed by atoms with E-state index in [0.717, 1.165) is 0 Å². The van der Waals surface area contributed by atoms with Gasteiger partial charge in [-0.05, 0) is 30.3 Å². The number of carbonyl (C=O) groups is 1. The summed E-state index contributed by atoms with van der Waals surface area (Å²) >= 11 is 3.18. The highest BCUT2D eigenvalue weighted by molar-refractivity contribution is 9.10. The lowest BCUT2D eigenvalue weighted by molar-refractivity contribution is 0.0445. The smallest absolute Gasteiger partial charge is 0.341 e. The van der Waals surface area contributed by atoms with Crippen LogP contribution in [0.2, 0.25) is 0 Å². The van der Waals surface area contributed by atoms with Gasteiger partial charge in [-0.25, -0.2) is 9.18 Å². The van der Waals surface area contributed by atoms with E-state index in [4.69, 9.17) is 9.47 Å². The number of hydrogen-bond donors (Lipinski definition) is 0. The van der Waals surface area contributed by atoms with Crippen molar-refractivity contribution in [1.82, 2.24) is 0 Å². The largest absolute Gasteiger partial charge is 0.490 e. The first kappa shape index (κ1) is 14.5. The molecule has 0 saturated carbocycles. The highest BCUT2D eigenvalue weighted by Crippen LogP contribution is 2.16. The zero-order valence-corrected chi connectivity index (χ0v) is 12.1. The Balaban J connectivity index is 1.82. The predicted molar refractivity (Wildman–Crippen MR) is 76.3 cm³/mol. The first-order valence-electron chi connectivity index (χ1n) is 5.97. The van der Waals surface area contributed by atoms with Gasteiger partial charge in [0.1, 0.15) is 24.8 Å². The van der Waals surface area contributed by atoms with Crippen LogP contribution in [-0.4, -0.2) is 19.2 Å². The molecule has 2 aromatic carbocycles. The maximum atomic E-state index is 13.4. The number of carbonyl (C=O) groups excluding carboxylic acids is 1. The van der Waals surface area contributed by atoms with Gasteiger partial charge in [-0.15, -0.1) is 0 Å². The molecule has 0 aliphatic rings. The summed E-state index contributed by atoms with van der Waals surface area (Å²) in [7, 11) is 0. The van der Waals surface area contributed by atoms with Crippen LogP contribution in [0.4, 0.5) is 4.39 Å². The summed E-state index contributed by atoms with van der Waals surface area (Å²) in [6.45, 7) is 0.269. The van der Waals surface area contributed by atoms with E-state index < -0.39 is 11.8 Å². The van der Waals surface area contributed by atoms with Crippen molar-refractivity contribution in [3.8, 4) is 5.75 Å². The summed E-state index contributed by atoms with van der Waals surface area (Å²) in [6.07, 6.45) is 0. The number of para-hydroxylation sites is 1. The fourth-order valence-corrected chi connectivity index (χ4v) is 1.90.